The highest BCUT2D eigenvalue weighted by Crippen LogP contribution is 2.47. The SMILES string of the molecule is CCOCC1CC(C)C(C)C1Sc1cc(C(=O)Nc2cc(F)c(F)c(F)c2)ccc1Cl. The minimum Gasteiger partial charge on any atom is -0.381 e. The molecule has 4 atom stereocenters. The maximum absolute atomic E-state index is 13.4. The molecule has 4 unspecified atom stereocenters. The first kappa shape index (κ1) is 24.0. The maximum atomic E-state index is 13.4. The van der Waals surface area contributed by atoms with E-state index in [0.717, 1.165) is 23.4 Å². The predicted molar refractivity (Wildman–Crippen MR) is 118 cm³/mol. The van der Waals surface area contributed by atoms with Crippen molar-refractivity contribution in [2.24, 2.45) is 17.8 Å². The molecule has 0 spiro atoms. The van der Waals surface area contributed by atoms with E-state index in [1.165, 1.54) is 6.07 Å². The Morgan fingerprint density at radius 1 is 1.19 bits per heavy atom. The minimum absolute atomic E-state index is 0.166. The average Bonchev–Trinajstić information content (AvgIpc) is 2.99. The van der Waals surface area contributed by atoms with Crippen molar-refractivity contribution in [3.05, 3.63) is 58.4 Å². The number of nitrogens with one attached hydrogen (secondary N) is 1. The molecular formula is C23H25ClF3NO2S. The van der Waals surface area contributed by atoms with Crippen LogP contribution < -0.4 is 5.32 Å². The standard InChI is InChI=1S/C23H25ClF3NO2S/c1-4-30-11-15-7-12(2)13(3)22(15)31-20-8-14(5-6-17(20)24)23(29)28-16-9-18(25)21(27)19(26)10-16/h5-6,8-10,12-13,15,22H,4,7,11H2,1-3H3,(H,28,29). The van der Waals surface area contributed by atoms with Crippen LogP contribution in [0.2, 0.25) is 5.02 Å². The first-order chi connectivity index (χ1) is 14.7. The monoisotopic (exact) mass is 471 g/mol. The van der Waals surface area contributed by atoms with Crippen LogP contribution in [-0.4, -0.2) is 24.4 Å². The normalized spacial score (nSPS) is 23.2. The van der Waals surface area contributed by atoms with E-state index in [4.69, 9.17) is 16.3 Å². The van der Waals surface area contributed by atoms with Gasteiger partial charge in [-0.15, -0.1) is 11.8 Å². The van der Waals surface area contributed by atoms with Crippen LogP contribution in [0.1, 0.15) is 37.6 Å². The Morgan fingerprint density at radius 3 is 2.52 bits per heavy atom. The number of carbonyl (C=O) groups is 1. The van der Waals surface area contributed by atoms with Gasteiger partial charge < -0.3 is 10.1 Å². The number of ether oxygens (including phenoxy) is 1. The lowest BCUT2D eigenvalue weighted by Crippen LogP contribution is -2.21. The van der Waals surface area contributed by atoms with Crippen LogP contribution in [0.4, 0.5) is 18.9 Å². The van der Waals surface area contributed by atoms with E-state index in [-0.39, 0.29) is 16.5 Å². The molecule has 0 saturated heterocycles. The summed E-state index contributed by atoms with van der Waals surface area (Å²) in [6, 6.07) is 6.32. The number of rotatable bonds is 7. The maximum Gasteiger partial charge on any atom is 0.255 e. The highest BCUT2D eigenvalue weighted by Gasteiger charge is 2.39. The molecule has 1 amide bonds. The Hall–Kier alpha value is -1.70. The van der Waals surface area contributed by atoms with Gasteiger partial charge in [-0.25, -0.2) is 13.2 Å². The summed E-state index contributed by atoms with van der Waals surface area (Å²) in [7, 11) is 0. The molecule has 1 fully saturated rings. The van der Waals surface area contributed by atoms with Crippen molar-refractivity contribution in [1.82, 2.24) is 0 Å². The molecule has 1 saturated carbocycles. The van der Waals surface area contributed by atoms with Gasteiger partial charge in [0.25, 0.3) is 5.91 Å². The van der Waals surface area contributed by atoms with Crippen LogP contribution in [0.5, 0.6) is 0 Å². The zero-order valence-corrected chi connectivity index (χ0v) is 19.1. The molecule has 1 aliphatic carbocycles. The lowest BCUT2D eigenvalue weighted by atomic mass is 10.0. The Kier molecular flexibility index (Phi) is 7.94. The molecule has 2 aromatic carbocycles. The fraction of sp³-hybridized carbons (Fsp3) is 0.435. The minimum atomic E-state index is -1.58. The molecule has 0 aliphatic heterocycles. The van der Waals surface area contributed by atoms with Crippen molar-refractivity contribution in [2.75, 3.05) is 18.5 Å². The summed E-state index contributed by atoms with van der Waals surface area (Å²) in [6.07, 6.45) is 1.07. The number of thioether (sulfide) groups is 1. The molecule has 0 bridgehead atoms. The van der Waals surface area contributed by atoms with Gasteiger partial charge in [-0.3, -0.25) is 4.79 Å². The van der Waals surface area contributed by atoms with Crippen LogP contribution >= 0.6 is 23.4 Å². The van der Waals surface area contributed by atoms with Gasteiger partial charge in [0.2, 0.25) is 0 Å². The first-order valence-electron chi connectivity index (χ1n) is 10.2. The van der Waals surface area contributed by atoms with Gasteiger partial charge >= 0.3 is 0 Å². The Labute approximate surface area is 189 Å². The third-order valence-corrected chi connectivity index (χ3v) is 7.91. The summed E-state index contributed by atoms with van der Waals surface area (Å²) >= 11 is 8.04. The highest BCUT2D eigenvalue weighted by molar-refractivity contribution is 8.00. The second-order valence-corrected chi connectivity index (χ2v) is 9.55. The Bertz CT molecular complexity index is 935. The molecule has 0 aromatic heterocycles. The molecule has 168 valence electrons. The van der Waals surface area contributed by atoms with E-state index in [2.05, 4.69) is 19.2 Å². The molecule has 0 radical (unpaired) electrons. The van der Waals surface area contributed by atoms with Crippen LogP contribution in [0.15, 0.2) is 35.2 Å². The topological polar surface area (TPSA) is 38.3 Å². The fourth-order valence-electron chi connectivity index (χ4n) is 3.93. The molecular weight excluding hydrogens is 447 g/mol. The number of carbonyl (C=O) groups excluding carboxylic acids is 1. The number of hydrogen-bond acceptors (Lipinski definition) is 3. The van der Waals surface area contributed by atoms with Crippen LogP contribution in [-0.2, 0) is 4.74 Å². The van der Waals surface area contributed by atoms with Crippen molar-refractivity contribution in [2.45, 2.75) is 37.3 Å². The van der Waals surface area contributed by atoms with E-state index in [1.807, 2.05) is 6.92 Å². The number of halogens is 4. The molecule has 3 rings (SSSR count). The third-order valence-electron chi connectivity index (χ3n) is 5.79. The quantitative estimate of drug-likeness (QED) is 0.451. The van der Waals surface area contributed by atoms with Gasteiger partial charge in [-0.2, -0.15) is 0 Å². The largest absolute Gasteiger partial charge is 0.381 e. The molecule has 1 N–H and O–H groups in total. The molecule has 8 heteroatoms. The second kappa shape index (κ2) is 10.3. The van der Waals surface area contributed by atoms with Crippen molar-refractivity contribution in [1.29, 1.82) is 0 Å². The van der Waals surface area contributed by atoms with Gasteiger partial charge in [0.15, 0.2) is 17.5 Å². The van der Waals surface area contributed by atoms with E-state index >= 15 is 0 Å². The number of amides is 1. The molecule has 3 nitrogen and oxygen atoms in total. The fourth-order valence-corrected chi connectivity index (χ4v) is 5.71. The van der Waals surface area contributed by atoms with Crippen molar-refractivity contribution < 1.29 is 22.7 Å². The smallest absolute Gasteiger partial charge is 0.255 e. The first-order valence-corrected chi connectivity index (χ1v) is 11.5. The van der Waals surface area contributed by atoms with Crippen LogP contribution in [0, 0.1) is 35.2 Å². The van der Waals surface area contributed by atoms with Gasteiger partial charge in [0.05, 0.1) is 11.6 Å². The zero-order valence-electron chi connectivity index (χ0n) is 17.6. The summed E-state index contributed by atoms with van der Waals surface area (Å²) in [5.41, 5.74) is 0.123. The van der Waals surface area contributed by atoms with Crippen molar-refractivity contribution in [3.63, 3.8) is 0 Å². The van der Waals surface area contributed by atoms with Gasteiger partial charge in [0, 0.05) is 40.1 Å². The number of anilines is 1. The average molecular weight is 472 g/mol. The van der Waals surface area contributed by atoms with Crippen molar-refractivity contribution in [3.8, 4) is 0 Å². The van der Waals surface area contributed by atoms with Crippen molar-refractivity contribution >= 4 is 35.0 Å². The van der Waals surface area contributed by atoms with Gasteiger partial charge in [0.1, 0.15) is 0 Å². The molecule has 1 aliphatic rings. The summed E-state index contributed by atoms with van der Waals surface area (Å²) in [6.45, 7) is 7.77. The molecule has 0 heterocycles. The lowest BCUT2D eigenvalue weighted by molar-refractivity contribution is 0.102. The Balaban J connectivity index is 1.79. The van der Waals surface area contributed by atoms with Gasteiger partial charge in [-0.1, -0.05) is 25.4 Å². The predicted octanol–water partition coefficient (Wildman–Crippen LogP) is 6.80. The summed E-state index contributed by atoms with van der Waals surface area (Å²) in [4.78, 5) is 13.4. The second-order valence-electron chi connectivity index (χ2n) is 7.93. The van der Waals surface area contributed by atoms with Crippen LogP contribution in [0.25, 0.3) is 0 Å². The number of benzene rings is 2. The number of hydrogen-bond donors (Lipinski definition) is 1. The zero-order chi connectivity index (χ0) is 22.7. The highest BCUT2D eigenvalue weighted by atomic mass is 35.5. The summed E-state index contributed by atoms with van der Waals surface area (Å²) in [5, 5.41) is 3.22. The van der Waals surface area contributed by atoms with Gasteiger partial charge in [-0.05, 0) is 49.3 Å². The summed E-state index contributed by atoms with van der Waals surface area (Å²) < 4.78 is 45.7. The third kappa shape index (κ3) is 5.57. The van der Waals surface area contributed by atoms with E-state index in [0.29, 0.717) is 36.0 Å². The van der Waals surface area contributed by atoms with E-state index in [9.17, 15) is 18.0 Å². The molecule has 31 heavy (non-hydrogen) atoms. The molecule has 2 aromatic rings. The Morgan fingerprint density at radius 2 is 1.87 bits per heavy atom. The summed E-state index contributed by atoms with van der Waals surface area (Å²) in [5.74, 6) is -3.49. The van der Waals surface area contributed by atoms with E-state index < -0.39 is 23.4 Å². The lowest BCUT2D eigenvalue weighted by Gasteiger charge is -2.23. The van der Waals surface area contributed by atoms with E-state index in [1.54, 1.807) is 23.9 Å². The van der Waals surface area contributed by atoms with Crippen LogP contribution in [0.3, 0.4) is 0 Å².